The van der Waals surface area contributed by atoms with Crippen molar-refractivity contribution in [1.29, 1.82) is 0 Å². The van der Waals surface area contributed by atoms with Gasteiger partial charge in [-0.25, -0.2) is 9.59 Å². The van der Waals surface area contributed by atoms with Crippen LogP contribution in [0.4, 0.5) is 10.5 Å². The average molecular weight is 292 g/mol. The number of nitrogens with two attached hydrogens (primary N) is 1. The van der Waals surface area contributed by atoms with Gasteiger partial charge in [0.15, 0.2) is 0 Å². The van der Waals surface area contributed by atoms with Gasteiger partial charge in [-0.05, 0) is 38.5 Å². The summed E-state index contributed by atoms with van der Waals surface area (Å²) < 4.78 is 5.08. The first kappa shape index (κ1) is 16.6. The molecule has 0 aromatic heterocycles. The second-order valence-corrected chi connectivity index (χ2v) is 5.44. The molecule has 0 aliphatic rings. The lowest BCUT2D eigenvalue weighted by molar-refractivity contribution is 0.0533. The molecule has 1 rings (SSSR count). The van der Waals surface area contributed by atoms with Crippen molar-refractivity contribution >= 4 is 23.8 Å². The Hall–Kier alpha value is -2.50. The van der Waals surface area contributed by atoms with Gasteiger partial charge in [0.25, 0.3) is 0 Å². The largest absolute Gasteiger partial charge is 0.478 e. The number of nitrogens with one attached hydrogen (secondary N) is 1. The van der Waals surface area contributed by atoms with E-state index in [0.29, 0.717) is 5.56 Å². The number of rotatable bonds is 4. The molecule has 21 heavy (non-hydrogen) atoms. The second kappa shape index (κ2) is 6.78. The van der Waals surface area contributed by atoms with Gasteiger partial charge >= 0.3 is 12.1 Å². The fourth-order valence-corrected chi connectivity index (χ4v) is 1.51. The normalized spacial score (nSPS) is 11.4. The molecule has 0 radical (unpaired) electrons. The third-order valence-corrected chi connectivity index (χ3v) is 2.38. The first-order valence-electron chi connectivity index (χ1n) is 6.45. The zero-order valence-electron chi connectivity index (χ0n) is 12.3. The molecule has 1 amide bonds. The molecule has 0 atom stereocenters. The molecule has 6 heteroatoms. The van der Waals surface area contributed by atoms with Crippen LogP contribution in [0, 0.1) is 0 Å². The quantitative estimate of drug-likeness (QED) is 0.740. The second-order valence-electron chi connectivity index (χ2n) is 5.44. The molecule has 0 saturated heterocycles. The Morgan fingerprint density at radius 1 is 1.38 bits per heavy atom. The standard InChI is InChI=1S/C15H20N2O4/c1-15(2,3)21-14(20)17-8-4-5-10-6-7-12(16)11(9-10)13(18)19/h4-7,9H,8,16H2,1-3H3,(H,17,20)(H,18,19). The van der Waals surface area contributed by atoms with Crippen molar-refractivity contribution < 1.29 is 19.4 Å². The SMILES string of the molecule is CC(C)(C)OC(=O)NCC=Cc1ccc(N)c(C(=O)O)c1. The molecule has 0 aliphatic heterocycles. The summed E-state index contributed by atoms with van der Waals surface area (Å²) in [6.45, 7) is 5.63. The Kier molecular flexibility index (Phi) is 5.35. The van der Waals surface area contributed by atoms with Crippen LogP contribution in [0.3, 0.4) is 0 Å². The number of alkyl carbamates (subject to hydrolysis) is 1. The van der Waals surface area contributed by atoms with Crippen molar-refractivity contribution in [2.45, 2.75) is 26.4 Å². The summed E-state index contributed by atoms with van der Waals surface area (Å²) in [5.74, 6) is -1.07. The summed E-state index contributed by atoms with van der Waals surface area (Å²) in [5, 5.41) is 11.5. The first-order chi connectivity index (χ1) is 9.69. The van der Waals surface area contributed by atoms with Crippen molar-refractivity contribution in [2.75, 3.05) is 12.3 Å². The summed E-state index contributed by atoms with van der Waals surface area (Å²) in [6, 6.07) is 4.71. The maximum atomic E-state index is 11.4. The van der Waals surface area contributed by atoms with Crippen molar-refractivity contribution in [1.82, 2.24) is 5.32 Å². The van der Waals surface area contributed by atoms with Crippen molar-refractivity contribution in [3.8, 4) is 0 Å². The van der Waals surface area contributed by atoms with E-state index in [1.165, 1.54) is 12.1 Å². The molecule has 0 spiro atoms. The Morgan fingerprint density at radius 3 is 2.62 bits per heavy atom. The maximum absolute atomic E-state index is 11.4. The number of anilines is 1. The van der Waals surface area contributed by atoms with Crippen LogP contribution < -0.4 is 11.1 Å². The van der Waals surface area contributed by atoms with Gasteiger partial charge in [0, 0.05) is 12.2 Å². The number of aromatic carboxylic acids is 1. The fraction of sp³-hybridized carbons (Fsp3) is 0.333. The molecule has 0 aliphatic carbocycles. The van der Waals surface area contributed by atoms with Gasteiger partial charge < -0.3 is 20.9 Å². The summed E-state index contributed by atoms with van der Waals surface area (Å²) in [6.07, 6.45) is 2.89. The predicted molar refractivity (Wildman–Crippen MR) is 81.1 cm³/mol. The van der Waals surface area contributed by atoms with E-state index in [-0.39, 0.29) is 17.8 Å². The minimum atomic E-state index is -1.07. The molecule has 4 N–H and O–H groups in total. The van der Waals surface area contributed by atoms with E-state index in [1.54, 1.807) is 39.0 Å². The van der Waals surface area contributed by atoms with Gasteiger partial charge in [-0.15, -0.1) is 0 Å². The molecular formula is C15H20N2O4. The third-order valence-electron chi connectivity index (χ3n) is 2.38. The summed E-state index contributed by atoms with van der Waals surface area (Å²) in [4.78, 5) is 22.3. The van der Waals surface area contributed by atoms with Gasteiger partial charge in [0.1, 0.15) is 5.60 Å². The van der Waals surface area contributed by atoms with E-state index in [0.717, 1.165) is 0 Å². The van der Waals surface area contributed by atoms with Gasteiger partial charge in [-0.3, -0.25) is 0 Å². The molecule has 114 valence electrons. The van der Waals surface area contributed by atoms with Crippen molar-refractivity contribution in [3.05, 3.63) is 35.4 Å². The fourth-order valence-electron chi connectivity index (χ4n) is 1.51. The number of hydrogen-bond donors (Lipinski definition) is 3. The van der Waals surface area contributed by atoms with Gasteiger partial charge in [0.2, 0.25) is 0 Å². The number of carbonyl (C=O) groups excluding carboxylic acids is 1. The maximum Gasteiger partial charge on any atom is 0.407 e. The average Bonchev–Trinajstić information content (AvgIpc) is 2.34. The number of carboxylic acids is 1. The minimum absolute atomic E-state index is 0.0530. The zero-order valence-corrected chi connectivity index (χ0v) is 12.3. The lowest BCUT2D eigenvalue weighted by Gasteiger charge is -2.19. The number of benzene rings is 1. The van der Waals surface area contributed by atoms with E-state index in [2.05, 4.69) is 5.32 Å². The van der Waals surface area contributed by atoms with Crippen LogP contribution in [0.25, 0.3) is 6.08 Å². The van der Waals surface area contributed by atoms with Gasteiger partial charge in [-0.1, -0.05) is 18.2 Å². The highest BCUT2D eigenvalue weighted by Crippen LogP contribution is 2.15. The Bertz CT molecular complexity index is 559. The Balaban J connectivity index is 2.56. The molecule has 0 bridgehead atoms. The summed E-state index contributed by atoms with van der Waals surface area (Å²) in [7, 11) is 0. The first-order valence-corrected chi connectivity index (χ1v) is 6.45. The molecule has 1 aromatic carbocycles. The lowest BCUT2D eigenvalue weighted by Crippen LogP contribution is -2.32. The number of amides is 1. The van der Waals surface area contributed by atoms with E-state index in [1.807, 2.05) is 0 Å². The van der Waals surface area contributed by atoms with E-state index in [4.69, 9.17) is 15.6 Å². The molecule has 0 fully saturated rings. The monoisotopic (exact) mass is 292 g/mol. The highest BCUT2D eigenvalue weighted by molar-refractivity contribution is 5.94. The molecule has 6 nitrogen and oxygen atoms in total. The number of carboxylic acid groups (broad SMARTS) is 1. The Morgan fingerprint density at radius 2 is 2.05 bits per heavy atom. The summed E-state index contributed by atoms with van der Waals surface area (Å²) in [5.41, 5.74) is 5.98. The Labute approximate surface area is 123 Å². The molecular weight excluding hydrogens is 272 g/mol. The molecule has 0 saturated carbocycles. The van der Waals surface area contributed by atoms with Gasteiger partial charge in [0.05, 0.1) is 5.56 Å². The van der Waals surface area contributed by atoms with Crippen LogP contribution in [0.2, 0.25) is 0 Å². The number of hydrogen-bond acceptors (Lipinski definition) is 4. The molecule has 1 aromatic rings. The van der Waals surface area contributed by atoms with Crippen LogP contribution in [0.1, 0.15) is 36.7 Å². The predicted octanol–water partition coefficient (Wildman–Crippen LogP) is 2.50. The van der Waals surface area contributed by atoms with Crippen molar-refractivity contribution in [3.63, 3.8) is 0 Å². The van der Waals surface area contributed by atoms with Gasteiger partial charge in [-0.2, -0.15) is 0 Å². The van der Waals surface area contributed by atoms with E-state index < -0.39 is 17.7 Å². The topological polar surface area (TPSA) is 102 Å². The van der Waals surface area contributed by atoms with Crippen LogP contribution in [-0.2, 0) is 4.74 Å². The van der Waals surface area contributed by atoms with Crippen LogP contribution in [0.5, 0.6) is 0 Å². The van der Waals surface area contributed by atoms with E-state index >= 15 is 0 Å². The highest BCUT2D eigenvalue weighted by atomic mass is 16.6. The lowest BCUT2D eigenvalue weighted by atomic mass is 10.1. The molecule has 0 unspecified atom stereocenters. The van der Waals surface area contributed by atoms with Crippen LogP contribution >= 0.6 is 0 Å². The minimum Gasteiger partial charge on any atom is -0.478 e. The van der Waals surface area contributed by atoms with Crippen molar-refractivity contribution in [2.24, 2.45) is 0 Å². The number of nitrogen functional groups attached to an aromatic ring is 1. The highest BCUT2D eigenvalue weighted by Gasteiger charge is 2.15. The van der Waals surface area contributed by atoms with Crippen LogP contribution in [0.15, 0.2) is 24.3 Å². The summed E-state index contributed by atoms with van der Waals surface area (Å²) >= 11 is 0. The van der Waals surface area contributed by atoms with E-state index in [9.17, 15) is 9.59 Å². The molecule has 0 heterocycles. The number of carbonyl (C=O) groups is 2. The zero-order chi connectivity index (χ0) is 16.0. The smallest absolute Gasteiger partial charge is 0.407 e. The third kappa shape index (κ3) is 5.99. The number of ether oxygens (including phenoxy) is 1. The van der Waals surface area contributed by atoms with Crippen LogP contribution in [-0.4, -0.2) is 29.3 Å².